The van der Waals surface area contributed by atoms with Crippen LogP contribution in [0.3, 0.4) is 0 Å². The number of aromatic carboxylic acids is 1. The second-order valence-electron chi connectivity index (χ2n) is 7.38. The minimum atomic E-state index is -1.09. The molecule has 0 saturated carbocycles. The number of halogens is 1. The van der Waals surface area contributed by atoms with Gasteiger partial charge in [-0.25, -0.2) is 9.78 Å². The summed E-state index contributed by atoms with van der Waals surface area (Å²) in [5.41, 5.74) is 1.17. The van der Waals surface area contributed by atoms with Crippen LogP contribution < -0.4 is 10.1 Å². The van der Waals surface area contributed by atoms with Crippen molar-refractivity contribution in [1.29, 1.82) is 0 Å². The average Bonchev–Trinajstić information content (AvgIpc) is 3.17. The number of nitrogens with one attached hydrogen (secondary N) is 1. The topological polar surface area (TPSA) is 88.5 Å². The van der Waals surface area contributed by atoms with Gasteiger partial charge in [0.15, 0.2) is 4.34 Å². The summed E-state index contributed by atoms with van der Waals surface area (Å²) in [5.74, 6) is -0.604. The molecule has 3 aromatic carbocycles. The number of anilines is 1. The number of amides is 1. The van der Waals surface area contributed by atoms with Crippen LogP contribution in [0.25, 0.3) is 21.0 Å². The lowest BCUT2D eigenvalue weighted by Gasteiger charge is -2.13. The van der Waals surface area contributed by atoms with Crippen molar-refractivity contribution < 1.29 is 19.4 Å². The minimum Gasteiger partial charge on any atom is -0.492 e. The predicted octanol–water partition coefficient (Wildman–Crippen LogP) is 6.82. The number of ether oxygens (including phenoxy) is 1. The number of carboxylic acid groups (broad SMARTS) is 1. The fourth-order valence-electron chi connectivity index (χ4n) is 3.24. The normalized spacial score (nSPS) is 12.1. The van der Waals surface area contributed by atoms with Crippen molar-refractivity contribution in [3.05, 3.63) is 58.6 Å². The van der Waals surface area contributed by atoms with Crippen LogP contribution in [0, 0.1) is 0 Å². The SMILES string of the molecule is CCCOc1cc2sc(SC(C)C(=O)Nc3cc4ccccc4cc3C(=O)O)nc2cc1Br. The summed E-state index contributed by atoms with van der Waals surface area (Å²) in [7, 11) is 0. The molecular weight excluding hydrogens is 524 g/mol. The first-order valence-electron chi connectivity index (χ1n) is 10.3. The van der Waals surface area contributed by atoms with Crippen molar-refractivity contribution >= 4 is 77.6 Å². The number of thioether (sulfide) groups is 1. The van der Waals surface area contributed by atoms with Gasteiger partial charge in [-0.3, -0.25) is 4.79 Å². The molecule has 1 heterocycles. The van der Waals surface area contributed by atoms with Gasteiger partial charge in [-0.2, -0.15) is 0 Å². The minimum absolute atomic E-state index is 0.0590. The third-order valence-corrected chi connectivity index (χ3v) is 7.74. The van der Waals surface area contributed by atoms with E-state index in [-0.39, 0.29) is 17.2 Å². The van der Waals surface area contributed by atoms with Crippen molar-refractivity contribution in [2.75, 3.05) is 11.9 Å². The van der Waals surface area contributed by atoms with E-state index in [0.717, 1.165) is 42.0 Å². The van der Waals surface area contributed by atoms with E-state index in [2.05, 4.69) is 33.2 Å². The van der Waals surface area contributed by atoms with Gasteiger partial charge in [0.05, 0.1) is 37.8 Å². The van der Waals surface area contributed by atoms with Crippen LogP contribution in [0.5, 0.6) is 5.75 Å². The van der Waals surface area contributed by atoms with Gasteiger partial charge < -0.3 is 15.2 Å². The van der Waals surface area contributed by atoms with E-state index in [9.17, 15) is 14.7 Å². The maximum Gasteiger partial charge on any atom is 0.337 e. The summed E-state index contributed by atoms with van der Waals surface area (Å²) in [6, 6.07) is 14.6. The number of fused-ring (bicyclic) bond motifs is 2. The zero-order valence-electron chi connectivity index (χ0n) is 17.9. The summed E-state index contributed by atoms with van der Waals surface area (Å²) in [6.45, 7) is 4.46. The Morgan fingerprint density at radius 3 is 2.64 bits per heavy atom. The van der Waals surface area contributed by atoms with E-state index < -0.39 is 11.2 Å². The quantitative estimate of drug-likeness (QED) is 0.236. The number of aromatic nitrogens is 1. The van der Waals surface area contributed by atoms with E-state index >= 15 is 0 Å². The molecule has 1 aromatic heterocycles. The molecule has 1 unspecified atom stereocenters. The van der Waals surface area contributed by atoms with Gasteiger partial charge in [0, 0.05) is 6.07 Å². The molecule has 0 saturated heterocycles. The van der Waals surface area contributed by atoms with Crippen LogP contribution in [-0.2, 0) is 4.79 Å². The zero-order chi connectivity index (χ0) is 23.5. The Balaban J connectivity index is 1.52. The van der Waals surface area contributed by atoms with Crippen molar-refractivity contribution in [2.45, 2.75) is 29.9 Å². The van der Waals surface area contributed by atoms with Crippen LogP contribution in [0.4, 0.5) is 5.69 Å². The number of nitrogens with zero attached hydrogens (tertiary/aromatic N) is 1. The Morgan fingerprint density at radius 1 is 1.21 bits per heavy atom. The smallest absolute Gasteiger partial charge is 0.337 e. The Morgan fingerprint density at radius 2 is 1.94 bits per heavy atom. The lowest BCUT2D eigenvalue weighted by molar-refractivity contribution is -0.115. The van der Waals surface area contributed by atoms with Gasteiger partial charge in [-0.1, -0.05) is 43.0 Å². The number of hydrogen-bond donors (Lipinski definition) is 2. The molecule has 2 N–H and O–H groups in total. The van der Waals surface area contributed by atoms with Crippen LogP contribution in [-0.4, -0.2) is 33.8 Å². The highest BCUT2D eigenvalue weighted by molar-refractivity contribution is 9.10. The first kappa shape index (κ1) is 23.5. The molecule has 0 aliphatic heterocycles. The molecule has 6 nitrogen and oxygen atoms in total. The van der Waals surface area contributed by atoms with Gasteiger partial charge in [0.1, 0.15) is 5.75 Å². The zero-order valence-corrected chi connectivity index (χ0v) is 21.1. The number of benzene rings is 3. The monoisotopic (exact) mass is 544 g/mol. The van der Waals surface area contributed by atoms with Crippen LogP contribution >= 0.6 is 39.0 Å². The highest BCUT2D eigenvalue weighted by atomic mass is 79.9. The average molecular weight is 545 g/mol. The largest absolute Gasteiger partial charge is 0.492 e. The standard InChI is InChI=1S/C24H21BrN2O4S2/c1-3-8-31-20-12-21-19(11-17(20)25)27-24(33-21)32-13(2)22(28)26-18-10-15-7-5-4-6-14(15)9-16(18)23(29)30/h4-7,9-13H,3,8H2,1-2H3,(H,26,28)(H,29,30). The molecule has 0 aliphatic rings. The third kappa shape index (κ3) is 5.31. The maximum atomic E-state index is 12.9. The second-order valence-corrected chi connectivity index (χ2v) is 10.9. The molecular formula is C24H21BrN2O4S2. The molecule has 33 heavy (non-hydrogen) atoms. The molecule has 0 radical (unpaired) electrons. The fraction of sp³-hybridized carbons (Fsp3) is 0.208. The van der Waals surface area contributed by atoms with Crippen LogP contribution in [0.15, 0.2) is 57.3 Å². The summed E-state index contributed by atoms with van der Waals surface area (Å²) in [4.78, 5) is 29.3. The van der Waals surface area contributed by atoms with Gasteiger partial charge >= 0.3 is 5.97 Å². The molecule has 0 bridgehead atoms. The number of hydrogen-bond acceptors (Lipinski definition) is 6. The number of carboxylic acids is 1. The summed E-state index contributed by atoms with van der Waals surface area (Å²) >= 11 is 6.35. The molecule has 170 valence electrons. The van der Waals surface area contributed by atoms with Crippen molar-refractivity contribution in [3.8, 4) is 5.75 Å². The molecule has 4 rings (SSSR count). The van der Waals surface area contributed by atoms with Crippen molar-refractivity contribution in [3.63, 3.8) is 0 Å². The van der Waals surface area contributed by atoms with Gasteiger partial charge in [-0.05, 0) is 58.2 Å². The summed E-state index contributed by atoms with van der Waals surface area (Å²) in [6.07, 6.45) is 0.918. The molecule has 0 aliphatic carbocycles. The van der Waals surface area contributed by atoms with Gasteiger partial charge in [-0.15, -0.1) is 11.3 Å². The highest BCUT2D eigenvalue weighted by Gasteiger charge is 2.20. The second kappa shape index (κ2) is 10.1. The predicted molar refractivity (Wildman–Crippen MR) is 138 cm³/mol. The molecule has 1 amide bonds. The first-order valence-corrected chi connectivity index (χ1v) is 12.8. The first-order chi connectivity index (χ1) is 15.9. The Hall–Kier alpha value is -2.62. The number of carbonyl (C=O) groups is 2. The lowest BCUT2D eigenvalue weighted by atomic mass is 10.0. The van der Waals surface area contributed by atoms with Crippen molar-refractivity contribution in [2.24, 2.45) is 0 Å². The Labute approximate surface area is 207 Å². The fourth-order valence-corrected chi connectivity index (χ4v) is 5.91. The molecule has 9 heteroatoms. The van der Waals surface area contributed by atoms with Crippen molar-refractivity contribution in [1.82, 2.24) is 4.98 Å². The summed E-state index contributed by atoms with van der Waals surface area (Å²) in [5, 5.41) is 13.6. The van der Waals surface area contributed by atoms with E-state index in [1.807, 2.05) is 36.4 Å². The van der Waals surface area contributed by atoms with Crippen LogP contribution in [0.1, 0.15) is 30.6 Å². The summed E-state index contributed by atoms with van der Waals surface area (Å²) < 4.78 is 8.33. The molecule has 1 atom stereocenters. The van der Waals surface area contributed by atoms with Crippen LogP contribution in [0.2, 0.25) is 0 Å². The van der Waals surface area contributed by atoms with E-state index in [1.54, 1.807) is 19.1 Å². The highest BCUT2D eigenvalue weighted by Crippen LogP contribution is 2.37. The lowest BCUT2D eigenvalue weighted by Crippen LogP contribution is -2.23. The number of thiazole rings is 1. The Bertz CT molecular complexity index is 1360. The maximum absolute atomic E-state index is 12.9. The number of carbonyl (C=O) groups excluding carboxylic acids is 1. The molecule has 0 spiro atoms. The van der Waals surface area contributed by atoms with E-state index in [0.29, 0.717) is 6.61 Å². The third-order valence-electron chi connectivity index (χ3n) is 4.91. The van der Waals surface area contributed by atoms with Gasteiger partial charge in [0.25, 0.3) is 0 Å². The molecule has 0 fully saturated rings. The molecule has 4 aromatic rings. The van der Waals surface area contributed by atoms with E-state index in [4.69, 9.17) is 4.74 Å². The number of rotatable bonds is 8. The van der Waals surface area contributed by atoms with Gasteiger partial charge in [0.2, 0.25) is 5.91 Å². The Kier molecular flexibility index (Phi) is 7.21. The van der Waals surface area contributed by atoms with E-state index in [1.165, 1.54) is 23.1 Å².